The third-order valence-corrected chi connectivity index (χ3v) is 2.97. The van der Waals surface area contributed by atoms with Crippen LogP contribution in [0.25, 0.3) is 5.69 Å². The van der Waals surface area contributed by atoms with Crippen molar-refractivity contribution < 1.29 is 9.53 Å². The fourth-order valence-corrected chi connectivity index (χ4v) is 1.90. The molecule has 0 radical (unpaired) electrons. The maximum absolute atomic E-state index is 12.2. The summed E-state index contributed by atoms with van der Waals surface area (Å²) in [7, 11) is 4.64. The molecule has 1 amide bonds. The molecule has 0 spiro atoms. The number of carbonyl (C=O) groups excluding carboxylic acids is 1. The van der Waals surface area contributed by atoms with Crippen molar-refractivity contribution in [1.82, 2.24) is 14.7 Å². The van der Waals surface area contributed by atoms with E-state index in [2.05, 4.69) is 5.10 Å². The number of benzene rings is 1. The van der Waals surface area contributed by atoms with Gasteiger partial charge in [0, 0.05) is 14.1 Å². The lowest BCUT2D eigenvalue weighted by Crippen LogP contribution is -2.29. The van der Waals surface area contributed by atoms with Crippen LogP contribution < -0.4 is 10.3 Å². The Morgan fingerprint density at radius 3 is 2.57 bits per heavy atom. The van der Waals surface area contributed by atoms with Crippen LogP contribution >= 0.6 is 0 Å². The SMILES string of the molecule is COc1cc(=O)n(-c2cccc(C)c2)nc1C(=O)N(C)C. The molecule has 0 fully saturated rings. The van der Waals surface area contributed by atoms with Crippen LogP contribution in [0.1, 0.15) is 16.1 Å². The monoisotopic (exact) mass is 287 g/mol. The molecule has 0 bridgehead atoms. The highest BCUT2D eigenvalue weighted by Crippen LogP contribution is 2.16. The summed E-state index contributed by atoms with van der Waals surface area (Å²) in [6, 6.07) is 8.61. The average molecular weight is 287 g/mol. The van der Waals surface area contributed by atoms with Crippen molar-refractivity contribution in [2.75, 3.05) is 21.2 Å². The second-order valence-electron chi connectivity index (χ2n) is 4.85. The number of nitrogens with zero attached hydrogens (tertiary/aromatic N) is 3. The second kappa shape index (κ2) is 5.78. The number of methoxy groups -OCH3 is 1. The van der Waals surface area contributed by atoms with Crippen molar-refractivity contribution >= 4 is 5.91 Å². The number of hydrogen-bond donors (Lipinski definition) is 0. The van der Waals surface area contributed by atoms with Crippen LogP contribution in [0.15, 0.2) is 35.1 Å². The van der Waals surface area contributed by atoms with Crippen molar-refractivity contribution in [3.63, 3.8) is 0 Å². The van der Waals surface area contributed by atoms with Crippen LogP contribution in [-0.2, 0) is 0 Å². The predicted octanol–water partition coefficient (Wildman–Crippen LogP) is 1.25. The Morgan fingerprint density at radius 2 is 2.00 bits per heavy atom. The Labute approximate surface area is 122 Å². The molecule has 0 aliphatic heterocycles. The van der Waals surface area contributed by atoms with Gasteiger partial charge in [-0.2, -0.15) is 9.78 Å². The van der Waals surface area contributed by atoms with Crippen LogP contribution in [0.2, 0.25) is 0 Å². The summed E-state index contributed by atoms with van der Waals surface area (Å²) >= 11 is 0. The molecule has 6 nitrogen and oxygen atoms in total. The fraction of sp³-hybridized carbons (Fsp3) is 0.267. The molecule has 0 unspecified atom stereocenters. The van der Waals surface area contributed by atoms with Gasteiger partial charge in [0.1, 0.15) is 0 Å². The van der Waals surface area contributed by atoms with E-state index in [1.807, 2.05) is 25.1 Å². The van der Waals surface area contributed by atoms with Crippen molar-refractivity contribution in [2.45, 2.75) is 6.92 Å². The summed E-state index contributed by atoms with van der Waals surface area (Å²) in [6.07, 6.45) is 0. The van der Waals surface area contributed by atoms with Gasteiger partial charge in [0.2, 0.25) is 0 Å². The lowest BCUT2D eigenvalue weighted by Gasteiger charge is -2.14. The molecule has 110 valence electrons. The van der Waals surface area contributed by atoms with Crippen LogP contribution in [0, 0.1) is 6.92 Å². The molecule has 0 aliphatic rings. The molecule has 1 heterocycles. The number of aryl methyl sites for hydroxylation is 1. The molecule has 21 heavy (non-hydrogen) atoms. The van der Waals surface area contributed by atoms with E-state index in [0.717, 1.165) is 5.56 Å². The van der Waals surface area contributed by atoms with Gasteiger partial charge in [-0.25, -0.2) is 0 Å². The minimum atomic E-state index is -0.354. The number of ether oxygens (including phenoxy) is 1. The first-order valence-corrected chi connectivity index (χ1v) is 6.41. The molecule has 0 saturated carbocycles. The smallest absolute Gasteiger partial charge is 0.277 e. The summed E-state index contributed by atoms with van der Waals surface area (Å²) in [5, 5.41) is 4.16. The summed E-state index contributed by atoms with van der Waals surface area (Å²) in [4.78, 5) is 25.7. The molecular weight excluding hydrogens is 270 g/mol. The van der Waals surface area contributed by atoms with Crippen molar-refractivity contribution in [2.24, 2.45) is 0 Å². The van der Waals surface area contributed by atoms with E-state index in [0.29, 0.717) is 5.69 Å². The standard InChI is InChI=1S/C15H17N3O3/c1-10-6-5-7-11(8-10)18-13(19)9-12(21-4)14(16-18)15(20)17(2)3/h5-9H,1-4H3. The van der Waals surface area contributed by atoms with Gasteiger partial charge in [0.25, 0.3) is 11.5 Å². The molecule has 0 aliphatic carbocycles. The Morgan fingerprint density at radius 1 is 1.29 bits per heavy atom. The summed E-state index contributed by atoms with van der Waals surface area (Å²) in [5.74, 6) is -0.157. The van der Waals surface area contributed by atoms with Crippen molar-refractivity contribution in [3.8, 4) is 11.4 Å². The van der Waals surface area contributed by atoms with Gasteiger partial charge in [-0.05, 0) is 24.6 Å². The zero-order valence-electron chi connectivity index (χ0n) is 12.5. The first kappa shape index (κ1) is 14.8. The number of aromatic nitrogens is 2. The third-order valence-electron chi connectivity index (χ3n) is 2.97. The van der Waals surface area contributed by atoms with Gasteiger partial charge in [0.15, 0.2) is 11.4 Å². The lowest BCUT2D eigenvalue weighted by molar-refractivity contribution is 0.0816. The first-order valence-electron chi connectivity index (χ1n) is 6.41. The van der Waals surface area contributed by atoms with Crippen LogP contribution in [0.3, 0.4) is 0 Å². The third kappa shape index (κ3) is 2.94. The highest BCUT2D eigenvalue weighted by Gasteiger charge is 2.19. The lowest BCUT2D eigenvalue weighted by atomic mass is 10.2. The highest BCUT2D eigenvalue weighted by atomic mass is 16.5. The van der Waals surface area contributed by atoms with Gasteiger partial charge in [-0.15, -0.1) is 0 Å². The minimum Gasteiger partial charge on any atom is -0.494 e. The fourth-order valence-electron chi connectivity index (χ4n) is 1.90. The maximum Gasteiger partial charge on any atom is 0.277 e. The molecule has 0 N–H and O–H groups in total. The molecular formula is C15H17N3O3. The topological polar surface area (TPSA) is 64.4 Å². The quantitative estimate of drug-likeness (QED) is 0.852. The zero-order valence-corrected chi connectivity index (χ0v) is 12.5. The Hall–Kier alpha value is -2.63. The van der Waals surface area contributed by atoms with Gasteiger partial charge in [-0.1, -0.05) is 12.1 Å². The molecule has 1 aromatic heterocycles. The molecule has 0 saturated heterocycles. The highest BCUT2D eigenvalue weighted by molar-refractivity contribution is 5.94. The normalized spacial score (nSPS) is 10.3. The van der Waals surface area contributed by atoms with E-state index >= 15 is 0 Å². The molecule has 1 aromatic carbocycles. The van der Waals surface area contributed by atoms with E-state index in [-0.39, 0.29) is 22.9 Å². The van der Waals surface area contributed by atoms with Crippen LogP contribution in [-0.4, -0.2) is 41.8 Å². The Bertz CT molecular complexity index is 735. The zero-order chi connectivity index (χ0) is 15.6. The number of rotatable bonds is 3. The van der Waals surface area contributed by atoms with E-state index in [4.69, 9.17) is 4.74 Å². The summed E-state index contributed by atoms with van der Waals surface area (Å²) in [5.41, 5.74) is 1.35. The van der Waals surface area contributed by atoms with Gasteiger partial charge >= 0.3 is 0 Å². The largest absolute Gasteiger partial charge is 0.494 e. The summed E-state index contributed by atoms with van der Waals surface area (Å²) < 4.78 is 6.29. The second-order valence-corrected chi connectivity index (χ2v) is 4.85. The van der Waals surface area contributed by atoms with E-state index in [1.54, 1.807) is 20.2 Å². The molecule has 6 heteroatoms. The van der Waals surface area contributed by atoms with Gasteiger partial charge < -0.3 is 9.64 Å². The van der Waals surface area contributed by atoms with E-state index in [1.165, 1.54) is 22.8 Å². The minimum absolute atomic E-state index is 0.101. The van der Waals surface area contributed by atoms with Gasteiger partial charge in [0.05, 0.1) is 18.9 Å². The average Bonchev–Trinajstić information content (AvgIpc) is 2.46. The summed E-state index contributed by atoms with van der Waals surface area (Å²) in [6.45, 7) is 1.92. The maximum atomic E-state index is 12.2. The number of carbonyl (C=O) groups is 1. The van der Waals surface area contributed by atoms with Crippen molar-refractivity contribution in [3.05, 3.63) is 51.9 Å². The van der Waals surface area contributed by atoms with E-state index < -0.39 is 0 Å². The molecule has 2 rings (SSSR count). The van der Waals surface area contributed by atoms with Crippen molar-refractivity contribution in [1.29, 1.82) is 0 Å². The van der Waals surface area contributed by atoms with Gasteiger partial charge in [-0.3, -0.25) is 9.59 Å². The van der Waals surface area contributed by atoms with Crippen LogP contribution in [0.5, 0.6) is 5.75 Å². The predicted molar refractivity (Wildman–Crippen MR) is 79.1 cm³/mol. The molecule has 2 aromatic rings. The Kier molecular flexibility index (Phi) is 4.07. The number of amides is 1. The van der Waals surface area contributed by atoms with E-state index in [9.17, 15) is 9.59 Å². The number of hydrogen-bond acceptors (Lipinski definition) is 4. The molecule has 0 atom stereocenters. The Balaban J connectivity index is 2.66. The van der Waals surface area contributed by atoms with Crippen LogP contribution in [0.4, 0.5) is 0 Å². The first-order chi connectivity index (χ1) is 9.93.